The molecule has 3 rings (SSSR count). The maximum Gasteiger partial charge on any atom is 0.244 e. The number of fused-ring (bicyclic) bond motifs is 1. The number of aryl methyl sites for hydroxylation is 1. The number of sulfonamides is 2. The number of carbonyl (C=O) groups excluding carboxylic acids is 2. The van der Waals surface area contributed by atoms with Gasteiger partial charge >= 0.3 is 0 Å². The molecule has 1 aliphatic rings. The van der Waals surface area contributed by atoms with Gasteiger partial charge in [0.15, 0.2) is 0 Å². The van der Waals surface area contributed by atoms with Crippen LogP contribution in [0.1, 0.15) is 18.9 Å². The van der Waals surface area contributed by atoms with Crippen LogP contribution >= 0.6 is 0 Å². The fourth-order valence-electron chi connectivity index (χ4n) is 3.92. The van der Waals surface area contributed by atoms with Gasteiger partial charge in [0.2, 0.25) is 31.9 Å². The van der Waals surface area contributed by atoms with Crippen molar-refractivity contribution in [3.05, 3.63) is 42.0 Å². The van der Waals surface area contributed by atoms with Crippen molar-refractivity contribution in [2.75, 3.05) is 32.9 Å². The first kappa shape index (κ1) is 26.1. The van der Waals surface area contributed by atoms with Gasteiger partial charge in [-0.3, -0.25) is 9.59 Å². The highest BCUT2D eigenvalue weighted by Crippen LogP contribution is 2.22. The van der Waals surface area contributed by atoms with Crippen LogP contribution in [0.15, 0.2) is 41.3 Å². The summed E-state index contributed by atoms with van der Waals surface area (Å²) >= 11 is 0. The molecule has 1 fully saturated rings. The van der Waals surface area contributed by atoms with E-state index in [9.17, 15) is 26.4 Å². The Morgan fingerprint density at radius 1 is 1.15 bits per heavy atom. The minimum atomic E-state index is -3.95. The largest absolute Gasteiger partial charge is 0.343 e. The Bertz CT molecular complexity index is 1310. The Morgan fingerprint density at radius 3 is 2.47 bits per heavy atom. The number of amides is 2. The first-order valence-corrected chi connectivity index (χ1v) is 14.2. The molecular weight excluding hydrogens is 480 g/mol. The molecule has 0 saturated carbocycles. The summed E-state index contributed by atoms with van der Waals surface area (Å²) in [5.41, 5.74) is 1.07. The Kier molecular flexibility index (Phi) is 7.65. The average molecular weight is 511 g/mol. The molecule has 0 radical (unpaired) electrons. The number of carbonyl (C=O) groups is 2. The van der Waals surface area contributed by atoms with E-state index in [4.69, 9.17) is 0 Å². The van der Waals surface area contributed by atoms with Crippen LogP contribution < -0.4 is 9.44 Å². The maximum atomic E-state index is 12.9. The van der Waals surface area contributed by atoms with Crippen molar-refractivity contribution >= 4 is 42.6 Å². The van der Waals surface area contributed by atoms with Crippen molar-refractivity contribution in [1.29, 1.82) is 0 Å². The summed E-state index contributed by atoms with van der Waals surface area (Å²) in [4.78, 5) is 28.4. The summed E-state index contributed by atoms with van der Waals surface area (Å²) in [5, 5.41) is 1.70. The van der Waals surface area contributed by atoms with Crippen LogP contribution in [0, 0.1) is 6.92 Å². The number of hydrogen-bond donors (Lipinski definition) is 2. The van der Waals surface area contributed by atoms with E-state index in [0.29, 0.717) is 0 Å². The second kappa shape index (κ2) is 9.98. The number of benzene rings is 2. The molecule has 2 aromatic carbocycles. The lowest BCUT2D eigenvalue weighted by molar-refractivity contribution is -0.142. The normalized spacial score (nSPS) is 17.8. The van der Waals surface area contributed by atoms with E-state index < -0.39 is 38.0 Å². The molecule has 12 heteroatoms. The Morgan fingerprint density at radius 2 is 1.79 bits per heavy atom. The number of likely N-dealkylation sites (N-methyl/N-ethyl adjacent to an activating group) is 1. The molecule has 186 valence electrons. The molecule has 2 aromatic rings. The van der Waals surface area contributed by atoms with Crippen LogP contribution in [-0.4, -0.2) is 83.5 Å². The molecule has 10 nitrogen and oxygen atoms in total. The molecule has 0 bridgehead atoms. The highest BCUT2D eigenvalue weighted by Gasteiger charge is 2.39. The van der Waals surface area contributed by atoms with Gasteiger partial charge in [0.25, 0.3) is 0 Å². The van der Waals surface area contributed by atoms with Crippen LogP contribution in [-0.2, 0) is 29.6 Å². The summed E-state index contributed by atoms with van der Waals surface area (Å²) in [7, 11) is -5.80. The molecule has 2 unspecified atom stereocenters. The number of hydrogen-bond acceptors (Lipinski definition) is 6. The van der Waals surface area contributed by atoms with E-state index in [-0.39, 0.29) is 36.9 Å². The first-order chi connectivity index (χ1) is 15.8. The van der Waals surface area contributed by atoms with E-state index in [1.54, 1.807) is 19.1 Å². The molecule has 0 aliphatic carbocycles. The smallest absolute Gasteiger partial charge is 0.244 e. The van der Waals surface area contributed by atoms with Crippen molar-refractivity contribution in [3.8, 4) is 0 Å². The van der Waals surface area contributed by atoms with Gasteiger partial charge in [-0.2, -0.15) is 4.72 Å². The summed E-state index contributed by atoms with van der Waals surface area (Å²) in [6.07, 6.45) is 1.27. The van der Waals surface area contributed by atoms with Crippen molar-refractivity contribution in [2.24, 2.45) is 0 Å². The highest BCUT2D eigenvalue weighted by atomic mass is 32.2. The zero-order valence-electron chi connectivity index (χ0n) is 19.6. The fraction of sp³-hybridized carbons (Fsp3) is 0.455. The minimum Gasteiger partial charge on any atom is -0.343 e. The van der Waals surface area contributed by atoms with Gasteiger partial charge in [0.05, 0.1) is 11.2 Å². The second-order valence-corrected chi connectivity index (χ2v) is 12.2. The molecule has 1 saturated heterocycles. The van der Waals surface area contributed by atoms with E-state index in [2.05, 4.69) is 9.44 Å². The Hall–Kier alpha value is -2.54. The Labute approximate surface area is 200 Å². The molecule has 0 spiro atoms. The van der Waals surface area contributed by atoms with Gasteiger partial charge in [-0.25, -0.2) is 21.6 Å². The zero-order chi connectivity index (χ0) is 25.3. The van der Waals surface area contributed by atoms with Gasteiger partial charge in [-0.15, -0.1) is 0 Å². The van der Waals surface area contributed by atoms with E-state index in [0.717, 1.165) is 22.6 Å². The van der Waals surface area contributed by atoms with Gasteiger partial charge in [-0.05, 0) is 43.2 Å². The van der Waals surface area contributed by atoms with Crippen LogP contribution in [0.25, 0.3) is 10.8 Å². The summed E-state index contributed by atoms with van der Waals surface area (Å²) in [6, 6.07) is 8.74. The van der Waals surface area contributed by atoms with E-state index in [1.165, 1.54) is 22.9 Å². The van der Waals surface area contributed by atoms with Crippen LogP contribution in [0.3, 0.4) is 0 Å². The van der Waals surface area contributed by atoms with Crippen molar-refractivity contribution in [1.82, 2.24) is 19.2 Å². The lowest BCUT2D eigenvalue weighted by Gasteiger charge is -2.28. The minimum absolute atomic E-state index is 0.0511. The molecule has 2 amide bonds. The van der Waals surface area contributed by atoms with Gasteiger partial charge in [0.1, 0.15) is 12.1 Å². The van der Waals surface area contributed by atoms with E-state index >= 15 is 0 Å². The fourth-order valence-corrected chi connectivity index (χ4v) is 5.64. The molecule has 0 aromatic heterocycles. The van der Waals surface area contributed by atoms with Gasteiger partial charge in [-0.1, -0.05) is 29.8 Å². The summed E-state index contributed by atoms with van der Waals surface area (Å²) in [5.74, 6) is -0.833. The third kappa shape index (κ3) is 6.12. The topological polar surface area (TPSA) is 133 Å². The Balaban J connectivity index is 1.65. The monoisotopic (exact) mass is 510 g/mol. The quantitative estimate of drug-likeness (QED) is 0.503. The number of nitrogens with zero attached hydrogens (tertiary/aromatic N) is 2. The van der Waals surface area contributed by atoms with Gasteiger partial charge < -0.3 is 9.80 Å². The molecule has 1 heterocycles. The molecule has 2 atom stereocenters. The zero-order valence-corrected chi connectivity index (χ0v) is 21.2. The molecule has 2 N–H and O–H groups in total. The standard InChI is InChI=1S/C22H30N4O6S2/c1-15-5-6-18-14-19(8-7-17(18)13-15)34(31,32)24-20-9-11-26(22(20)28)16(2)21(27)25(3)12-10-23-33(4,29)30/h5-8,13-14,16,20,23-24H,9-12H2,1-4H3. The third-order valence-electron chi connectivity index (χ3n) is 5.83. The van der Waals surface area contributed by atoms with Crippen LogP contribution in [0.4, 0.5) is 0 Å². The van der Waals surface area contributed by atoms with Crippen molar-refractivity contribution in [3.63, 3.8) is 0 Å². The second-order valence-electron chi connectivity index (χ2n) is 8.61. The maximum absolute atomic E-state index is 12.9. The number of likely N-dealkylation sites (tertiary alicyclic amines) is 1. The lowest BCUT2D eigenvalue weighted by atomic mass is 10.1. The summed E-state index contributed by atoms with van der Waals surface area (Å²) in [6.45, 7) is 3.94. The van der Waals surface area contributed by atoms with Crippen LogP contribution in [0.5, 0.6) is 0 Å². The highest BCUT2D eigenvalue weighted by molar-refractivity contribution is 7.89. The predicted molar refractivity (Wildman–Crippen MR) is 129 cm³/mol. The first-order valence-electron chi connectivity index (χ1n) is 10.8. The van der Waals surface area contributed by atoms with E-state index in [1.807, 2.05) is 25.1 Å². The number of rotatable bonds is 9. The molecular formula is C22H30N4O6S2. The third-order valence-corrected chi connectivity index (χ3v) is 8.03. The van der Waals surface area contributed by atoms with Crippen molar-refractivity contribution < 1.29 is 26.4 Å². The van der Waals surface area contributed by atoms with Crippen molar-refractivity contribution in [2.45, 2.75) is 37.2 Å². The molecule has 1 aliphatic heterocycles. The molecule has 34 heavy (non-hydrogen) atoms. The van der Waals surface area contributed by atoms with Crippen LogP contribution in [0.2, 0.25) is 0 Å². The van der Waals surface area contributed by atoms with Gasteiger partial charge in [0, 0.05) is 26.7 Å². The lowest BCUT2D eigenvalue weighted by Crippen LogP contribution is -2.50. The summed E-state index contributed by atoms with van der Waals surface area (Å²) < 4.78 is 53.0. The predicted octanol–water partition coefficient (Wildman–Crippen LogP) is 0.424. The number of nitrogens with one attached hydrogen (secondary N) is 2. The SMILES string of the molecule is Cc1ccc2cc(S(=O)(=O)NC3CCN(C(C)C(=O)N(C)CCNS(C)(=O)=O)C3=O)ccc2c1. The average Bonchev–Trinajstić information content (AvgIpc) is 3.10.